The Morgan fingerprint density at radius 3 is 1.95 bits per heavy atom. The summed E-state index contributed by atoms with van der Waals surface area (Å²) >= 11 is 3.38. The van der Waals surface area contributed by atoms with Gasteiger partial charge in [-0.3, -0.25) is 9.59 Å². The lowest BCUT2D eigenvalue weighted by molar-refractivity contribution is -0.132. The zero-order chi connectivity index (χ0) is 15.4. The first-order valence-corrected chi connectivity index (χ1v) is 7.20. The summed E-state index contributed by atoms with van der Waals surface area (Å²) < 4.78 is 0.874. The number of halogens is 1. The Kier molecular flexibility index (Phi) is 4.75. The summed E-state index contributed by atoms with van der Waals surface area (Å²) in [7, 11) is 0. The lowest BCUT2D eigenvalue weighted by atomic mass is 10.2. The van der Waals surface area contributed by atoms with Crippen LogP contribution in [0.1, 0.15) is 11.1 Å². The van der Waals surface area contributed by atoms with Gasteiger partial charge in [0.1, 0.15) is 0 Å². The monoisotopic (exact) mass is 346 g/mol. The highest BCUT2D eigenvalue weighted by Crippen LogP contribution is 2.20. The Balaban J connectivity index is 2.00. The van der Waals surface area contributed by atoms with Crippen LogP contribution in [0.25, 0.3) is 0 Å². The van der Waals surface area contributed by atoms with Crippen LogP contribution in [-0.4, -0.2) is 11.8 Å². The minimum atomic E-state index is -0.702. The molecule has 2 amide bonds. The fourth-order valence-corrected chi connectivity index (χ4v) is 2.06. The van der Waals surface area contributed by atoms with Crippen molar-refractivity contribution in [3.8, 4) is 0 Å². The normalized spacial score (nSPS) is 10.0. The summed E-state index contributed by atoms with van der Waals surface area (Å²) in [6, 6.07) is 12.6. The van der Waals surface area contributed by atoms with Gasteiger partial charge in [0, 0.05) is 15.8 Å². The van der Waals surface area contributed by atoms with E-state index in [4.69, 9.17) is 0 Å². The van der Waals surface area contributed by atoms with Crippen molar-refractivity contribution in [3.63, 3.8) is 0 Å². The molecule has 2 N–H and O–H groups in total. The summed E-state index contributed by atoms with van der Waals surface area (Å²) in [4.78, 5) is 23.7. The molecule has 21 heavy (non-hydrogen) atoms. The van der Waals surface area contributed by atoms with Crippen LogP contribution in [0.3, 0.4) is 0 Å². The first-order chi connectivity index (χ1) is 9.95. The molecule has 2 rings (SSSR count). The number of amides is 2. The minimum absolute atomic E-state index is 0.566. The molecule has 2 aromatic rings. The Morgan fingerprint density at radius 2 is 1.38 bits per heavy atom. The molecule has 0 saturated heterocycles. The van der Waals surface area contributed by atoms with E-state index >= 15 is 0 Å². The van der Waals surface area contributed by atoms with Crippen LogP contribution in [0.2, 0.25) is 0 Å². The van der Waals surface area contributed by atoms with Gasteiger partial charge in [-0.15, -0.1) is 0 Å². The predicted molar refractivity (Wildman–Crippen MR) is 87.3 cm³/mol. The van der Waals surface area contributed by atoms with Crippen molar-refractivity contribution < 1.29 is 9.59 Å². The molecule has 4 nitrogen and oxygen atoms in total. The van der Waals surface area contributed by atoms with Crippen molar-refractivity contribution in [1.82, 2.24) is 0 Å². The van der Waals surface area contributed by atoms with Crippen LogP contribution in [-0.2, 0) is 9.59 Å². The summed E-state index contributed by atoms with van der Waals surface area (Å²) in [5, 5.41) is 5.11. The third-order valence-electron chi connectivity index (χ3n) is 2.95. The number of anilines is 2. The van der Waals surface area contributed by atoms with Crippen LogP contribution in [0.5, 0.6) is 0 Å². The average molecular weight is 347 g/mol. The third kappa shape index (κ3) is 4.16. The van der Waals surface area contributed by atoms with E-state index in [1.165, 1.54) is 0 Å². The van der Waals surface area contributed by atoms with Crippen LogP contribution in [0.4, 0.5) is 11.4 Å². The molecule has 0 atom stereocenters. The summed E-state index contributed by atoms with van der Waals surface area (Å²) in [5.74, 6) is -1.40. The number of benzene rings is 2. The zero-order valence-electron chi connectivity index (χ0n) is 11.7. The lowest BCUT2D eigenvalue weighted by Gasteiger charge is -2.08. The molecule has 0 fully saturated rings. The number of carbonyl (C=O) groups is 2. The summed E-state index contributed by atoms with van der Waals surface area (Å²) in [5.41, 5.74) is 3.29. The van der Waals surface area contributed by atoms with E-state index in [1.807, 2.05) is 32.0 Å². The van der Waals surface area contributed by atoms with Gasteiger partial charge in [0.25, 0.3) is 0 Å². The molecule has 0 bridgehead atoms. The molecular formula is C16H15BrN2O2. The molecule has 0 heterocycles. The number of carbonyl (C=O) groups excluding carboxylic acids is 2. The van der Waals surface area contributed by atoms with Crippen molar-refractivity contribution in [2.75, 3.05) is 10.6 Å². The van der Waals surface area contributed by atoms with E-state index in [0.717, 1.165) is 15.6 Å². The van der Waals surface area contributed by atoms with E-state index in [9.17, 15) is 9.59 Å². The lowest BCUT2D eigenvalue weighted by Crippen LogP contribution is -2.29. The van der Waals surface area contributed by atoms with Crippen LogP contribution >= 0.6 is 15.9 Å². The summed E-state index contributed by atoms with van der Waals surface area (Å²) in [6.45, 7) is 3.90. The Morgan fingerprint density at radius 1 is 0.857 bits per heavy atom. The Hall–Kier alpha value is -2.14. The van der Waals surface area contributed by atoms with E-state index in [1.54, 1.807) is 24.3 Å². The van der Waals surface area contributed by atoms with Gasteiger partial charge in [0.2, 0.25) is 0 Å². The van der Waals surface area contributed by atoms with Gasteiger partial charge in [-0.25, -0.2) is 0 Å². The average Bonchev–Trinajstić information content (AvgIpc) is 2.45. The highest BCUT2D eigenvalue weighted by atomic mass is 79.9. The molecule has 0 unspecified atom stereocenters. The molecule has 0 aromatic heterocycles. The second-order valence-corrected chi connectivity index (χ2v) is 5.59. The zero-order valence-corrected chi connectivity index (χ0v) is 13.3. The summed E-state index contributed by atoms with van der Waals surface area (Å²) in [6.07, 6.45) is 0. The largest absolute Gasteiger partial charge is 0.318 e. The quantitative estimate of drug-likeness (QED) is 0.815. The van der Waals surface area contributed by atoms with Crippen molar-refractivity contribution in [2.24, 2.45) is 0 Å². The van der Waals surface area contributed by atoms with E-state index in [0.29, 0.717) is 11.4 Å². The van der Waals surface area contributed by atoms with E-state index < -0.39 is 11.8 Å². The molecule has 108 valence electrons. The van der Waals surface area contributed by atoms with Crippen molar-refractivity contribution in [2.45, 2.75) is 13.8 Å². The standard InChI is InChI=1S/C16H15BrN2O2/c1-10-3-6-12(7-4-10)18-15(20)16(21)19-13-8-5-11(2)14(17)9-13/h3-9H,1-2H3,(H,18,20)(H,19,21). The van der Waals surface area contributed by atoms with Gasteiger partial charge in [0.15, 0.2) is 0 Å². The number of aryl methyl sites for hydroxylation is 2. The van der Waals surface area contributed by atoms with Crippen molar-refractivity contribution >= 4 is 39.1 Å². The fraction of sp³-hybridized carbons (Fsp3) is 0.125. The van der Waals surface area contributed by atoms with Gasteiger partial charge in [-0.2, -0.15) is 0 Å². The van der Waals surface area contributed by atoms with Crippen LogP contribution in [0.15, 0.2) is 46.9 Å². The minimum Gasteiger partial charge on any atom is -0.318 e. The highest BCUT2D eigenvalue weighted by molar-refractivity contribution is 9.10. The van der Waals surface area contributed by atoms with Gasteiger partial charge >= 0.3 is 11.8 Å². The van der Waals surface area contributed by atoms with Crippen LogP contribution in [0, 0.1) is 13.8 Å². The molecule has 0 aliphatic heterocycles. The second-order valence-electron chi connectivity index (χ2n) is 4.74. The maximum absolute atomic E-state index is 11.8. The second kappa shape index (κ2) is 6.54. The Bertz CT molecular complexity index is 681. The van der Waals surface area contributed by atoms with E-state index in [-0.39, 0.29) is 0 Å². The van der Waals surface area contributed by atoms with Gasteiger partial charge in [-0.05, 0) is 43.7 Å². The predicted octanol–water partition coefficient (Wildman–Crippen LogP) is 3.64. The molecule has 0 radical (unpaired) electrons. The third-order valence-corrected chi connectivity index (χ3v) is 3.80. The molecule has 0 aliphatic rings. The number of hydrogen-bond donors (Lipinski definition) is 2. The fourth-order valence-electron chi connectivity index (χ4n) is 1.68. The molecular weight excluding hydrogens is 332 g/mol. The maximum atomic E-state index is 11.8. The first-order valence-electron chi connectivity index (χ1n) is 6.41. The number of rotatable bonds is 2. The van der Waals surface area contributed by atoms with Gasteiger partial charge < -0.3 is 10.6 Å². The molecule has 0 saturated carbocycles. The first kappa shape index (κ1) is 15.3. The number of nitrogens with one attached hydrogen (secondary N) is 2. The SMILES string of the molecule is Cc1ccc(NC(=O)C(=O)Nc2ccc(C)c(Br)c2)cc1. The van der Waals surface area contributed by atoms with E-state index in [2.05, 4.69) is 26.6 Å². The molecule has 0 aliphatic carbocycles. The smallest absolute Gasteiger partial charge is 0.314 e. The number of hydrogen-bond acceptors (Lipinski definition) is 2. The van der Waals surface area contributed by atoms with Crippen molar-refractivity contribution in [1.29, 1.82) is 0 Å². The topological polar surface area (TPSA) is 58.2 Å². The molecule has 0 spiro atoms. The molecule has 5 heteroatoms. The molecule has 2 aromatic carbocycles. The maximum Gasteiger partial charge on any atom is 0.314 e. The Labute approximate surface area is 131 Å². The van der Waals surface area contributed by atoms with Crippen LogP contribution < -0.4 is 10.6 Å². The van der Waals surface area contributed by atoms with Gasteiger partial charge in [0.05, 0.1) is 0 Å². The highest BCUT2D eigenvalue weighted by Gasteiger charge is 2.14. The van der Waals surface area contributed by atoms with Gasteiger partial charge in [-0.1, -0.05) is 39.7 Å². The van der Waals surface area contributed by atoms with Crippen molar-refractivity contribution in [3.05, 3.63) is 58.1 Å².